The maximum Gasteiger partial charge on any atom is -0.000860 e. The molecule has 0 aromatic heterocycles. The third-order valence-corrected chi connectivity index (χ3v) is 4.53. The molecule has 0 aliphatic heterocycles. The van der Waals surface area contributed by atoms with Crippen LogP contribution in [0, 0.1) is 23.7 Å². The topological polar surface area (TPSA) is 0 Å². The first-order valence-electron chi connectivity index (χ1n) is 5.35. The first-order valence-corrected chi connectivity index (χ1v) is 5.35. The smallest absolute Gasteiger partial charge is 0.000860 e. The summed E-state index contributed by atoms with van der Waals surface area (Å²) >= 11 is 0. The Hall–Kier alpha value is -0.520. The summed E-state index contributed by atoms with van der Waals surface area (Å²) in [5.74, 6) is 3.87. The SMILES string of the molecule is C1=C[C@H]2C[C@H]1C1=C2[C@H]2CC[C@H]1C2. The molecule has 1 saturated carbocycles. The minimum atomic E-state index is 0.903. The van der Waals surface area contributed by atoms with Crippen molar-refractivity contribution in [2.75, 3.05) is 0 Å². The van der Waals surface area contributed by atoms with Crippen molar-refractivity contribution in [1.82, 2.24) is 0 Å². The van der Waals surface area contributed by atoms with Crippen molar-refractivity contribution < 1.29 is 0 Å². The molecule has 0 aromatic rings. The molecule has 0 radical (unpaired) electrons. The first-order chi connectivity index (χ1) is 5.93. The Kier molecular flexibility index (Phi) is 0.856. The van der Waals surface area contributed by atoms with Gasteiger partial charge >= 0.3 is 0 Å². The quantitative estimate of drug-likeness (QED) is 0.375. The fraction of sp³-hybridized carbons (Fsp3) is 0.667. The van der Waals surface area contributed by atoms with Crippen LogP contribution >= 0.6 is 0 Å². The molecule has 0 nitrogen and oxygen atoms in total. The van der Waals surface area contributed by atoms with Crippen LogP contribution in [0.25, 0.3) is 0 Å². The summed E-state index contributed by atoms with van der Waals surface area (Å²) in [5, 5.41) is 0. The van der Waals surface area contributed by atoms with Crippen molar-refractivity contribution in [3.05, 3.63) is 23.3 Å². The summed E-state index contributed by atoms with van der Waals surface area (Å²) in [4.78, 5) is 0. The van der Waals surface area contributed by atoms with Crippen LogP contribution in [0.3, 0.4) is 0 Å². The highest BCUT2D eigenvalue weighted by atomic mass is 14.5. The lowest BCUT2D eigenvalue weighted by molar-refractivity contribution is 0.555. The van der Waals surface area contributed by atoms with Gasteiger partial charge in [0.05, 0.1) is 0 Å². The molecule has 1 fully saturated rings. The molecule has 0 unspecified atom stereocenters. The highest BCUT2D eigenvalue weighted by Crippen LogP contribution is 2.61. The van der Waals surface area contributed by atoms with E-state index in [9.17, 15) is 0 Å². The van der Waals surface area contributed by atoms with Crippen LogP contribution in [0.5, 0.6) is 0 Å². The van der Waals surface area contributed by atoms with Gasteiger partial charge in [-0.25, -0.2) is 0 Å². The monoisotopic (exact) mass is 158 g/mol. The maximum absolute atomic E-state index is 2.48. The Morgan fingerprint density at radius 3 is 2.00 bits per heavy atom. The molecule has 0 amide bonds. The van der Waals surface area contributed by atoms with Crippen molar-refractivity contribution in [3.8, 4) is 0 Å². The molecule has 4 bridgehead atoms. The second-order valence-corrected chi connectivity index (χ2v) is 4.95. The van der Waals surface area contributed by atoms with Gasteiger partial charge in [0.15, 0.2) is 0 Å². The molecule has 0 saturated heterocycles. The van der Waals surface area contributed by atoms with E-state index >= 15 is 0 Å². The van der Waals surface area contributed by atoms with Crippen molar-refractivity contribution in [2.24, 2.45) is 23.7 Å². The molecule has 4 aliphatic rings. The van der Waals surface area contributed by atoms with Crippen LogP contribution < -0.4 is 0 Å². The Morgan fingerprint density at radius 2 is 1.42 bits per heavy atom. The molecule has 4 rings (SSSR count). The predicted molar refractivity (Wildman–Crippen MR) is 48.6 cm³/mol. The second-order valence-electron chi connectivity index (χ2n) is 4.95. The van der Waals surface area contributed by atoms with E-state index in [2.05, 4.69) is 12.2 Å². The van der Waals surface area contributed by atoms with E-state index in [1.807, 2.05) is 11.1 Å². The average Bonchev–Trinajstić information content (AvgIpc) is 2.83. The van der Waals surface area contributed by atoms with Gasteiger partial charge in [-0.05, 0) is 49.4 Å². The predicted octanol–water partition coefficient (Wildman–Crippen LogP) is 2.92. The lowest BCUT2D eigenvalue weighted by atomic mass is 9.85. The van der Waals surface area contributed by atoms with Crippen molar-refractivity contribution in [2.45, 2.75) is 25.7 Å². The fourth-order valence-corrected chi connectivity index (χ4v) is 4.21. The summed E-state index contributed by atoms with van der Waals surface area (Å²) in [5.41, 5.74) is 3.83. The van der Waals surface area contributed by atoms with Crippen molar-refractivity contribution in [1.29, 1.82) is 0 Å². The number of allylic oxidation sites excluding steroid dienone is 4. The van der Waals surface area contributed by atoms with E-state index in [1.54, 1.807) is 0 Å². The Morgan fingerprint density at radius 1 is 0.833 bits per heavy atom. The van der Waals surface area contributed by atoms with Crippen LogP contribution in [-0.2, 0) is 0 Å². The molecule has 12 heavy (non-hydrogen) atoms. The van der Waals surface area contributed by atoms with Gasteiger partial charge in [0, 0.05) is 0 Å². The van der Waals surface area contributed by atoms with Gasteiger partial charge in [-0.3, -0.25) is 0 Å². The van der Waals surface area contributed by atoms with E-state index in [-0.39, 0.29) is 0 Å². The second kappa shape index (κ2) is 1.71. The third-order valence-electron chi connectivity index (χ3n) is 4.53. The summed E-state index contributed by atoms with van der Waals surface area (Å²) < 4.78 is 0. The van der Waals surface area contributed by atoms with Crippen LogP contribution in [-0.4, -0.2) is 0 Å². The Labute approximate surface area is 73.4 Å². The van der Waals surface area contributed by atoms with Crippen LogP contribution in [0.15, 0.2) is 23.3 Å². The maximum atomic E-state index is 2.48. The van der Waals surface area contributed by atoms with Gasteiger partial charge in [0.25, 0.3) is 0 Å². The highest BCUT2D eigenvalue weighted by molar-refractivity contribution is 5.45. The zero-order chi connectivity index (χ0) is 7.71. The minimum Gasteiger partial charge on any atom is -0.0807 e. The average molecular weight is 158 g/mol. The van der Waals surface area contributed by atoms with E-state index in [0.29, 0.717) is 0 Å². The molecule has 62 valence electrons. The van der Waals surface area contributed by atoms with Gasteiger partial charge in [0.2, 0.25) is 0 Å². The van der Waals surface area contributed by atoms with Crippen LogP contribution in [0.2, 0.25) is 0 Å². The zero-order valence-electron chi connectivity index (χ0n) is 7.29. The summed E-state index contributed by atoms with van der Waals surface area (Å²) in [6.45, 7) is 0. The number of hydrogen-bond acceptors (Lipinski definition) is 0. The third kappa shape index (κ3) is 0.485. The lowest BCUT2D eigenvalue weighted by Crippen LogP contribution is -2.07. The van der Waals surface area contributed by atoms with E-state index in [0.717, 1.165) is 23.7 Å². The van der Waals surface area contributed by atoms with Gasteiger partial charge < -0.3 is 0 Å². The molecular weight excluding hydrogens is 144 g/mol. The zero-order valence-corrected chi connectivity index (χ0v) is 7.29. The van der Waals surface area contributed by atoms with Gasteiger partial charge in [-0.2, -0.15) is 0 Å². The lowest BCUT2D eigenvalue weighted by Gasteiger charge is -2.20. The van der Waals surface area contributed by atoms with Gasteiger partial charge in [-0.15, -0.1) is 0 Å². The molecule has 0 heterocycles. The molecule has 4 atom stereocenters. The molecule has 0 N–H and O–H groups in total. The Bertz CT molecular complexity index is 280. The largest absolute Gasteiger partial charge is 0.0807 e. The molecule has 0 heteroatoms. The minimum absolute atomic E-state index is 0.903. The van der Waals surface area contributed by atoms with Gasteiger partial charge in [-0.1, -0.05) is 23.3 Å². The van der Waals surface area contributed by atoms with Crippen molar-refractivity contribution in [3.63, 3.8) is 0 Å². The van der Waals surface area contributed by atoms with E-state index < -0.39 is 0 Å². The van der Waals surface area contributed by atoms with E-state index in [4.69, 9.17) is 0 Å². The summed E-state index contributed by atoms with van der Waals surface area (Å²) in [7, 11) is 0. The van der Waals surface area contributed by atoms with Crippen LogP contribution in [0.1, 0.15) is 25.7 Å². The normalized spacial score (nSPS) is 52.7. The molecule has 0 spiro atoms. The molecular formula is C12H14. The summed E-state index contributed by atoms with van der Waals surface area (Å²) in [6, 6.07) is 0. The standard InChI is InChI=1S/C12H14/c1-2-8-5-7(1)11-9-3-4-10(6-9)12(8)11/h1-2,7-10H,3-6H2/t7-,8-,9-,10-/m0/s1. The van der Waals surface area contributed by atoms with Crippen LogP contribution in [0.4, 0.5) is 0 Å². The first kappa shape index (κ1) is 6.01. The fourth-order valence-electron chi connectivity index (χ4n) is 4.21. The number of rotatable bonds is 0. The number of hydrogen-bond donors (Lipinski definition) is 0. The molecule has 4 aliphatic carbocycles. The summed E-state index contributed by atoms with van der Waals surface area (Å²) in [6.07, 6.45) is 11.0. The van der Waals surface area contributed by atoms with Crippen molar-refractivity contribution >= 4 is 0 Å². The highest BCUT2D eigenvalue weighted by Gasteiger charge is 2.49. The molecule has 0 aromatic carbocycles. The van der Waals surface area contributed by atoms with Gasteiger partial charge in [0.1, 0.15) is 0 Å². The Balaban J connectivity index is 1.91. The van der Waals surface area contributed by atoms with E-state index in [1.165, 1.54) is 25.7 Å². The number of fused-ring (bicyclic) bond motifs is 8.